The van der Waals surface area contributed by atoms with Crippen molar-refractivity contribution in [3.8, 4) is 11.5 Å². The SMILES string of the molecule is COc1cc(Cl)cc(C2NC(=O)c3c(sc4c3CCC(C(C)(C)C)C4)N2)c1O. The first-order valence-electron chi connectivity index (χ1n) is 9.47. The number of halogens is 1. The first kappa shape index (κ1) is 19.4. The van der Waals surface area contributed by atoms with Crippen molar-refractivity contribution in [3.05, 3.63) is 38.7 Å². The number of carbonyl (C=O) groups excluding carboxylic acids is 1. The van der Waals surface area contributed by atoms with E-state index in [-0.39, 0.29) is 22.8 Å². The molecule has 1 amide bonds. The summed E-state index contributed by atoms with van der Waals surface area (Å²) >= 11 is 7.83. The fraction of sp³-hybridized carbons (Fsp3) is 0.476. The summed E-state index contributed by atoms with van der Waals surface area (Å²) in [5, 5.41) is 18.2. The zero-order valence-corrected chi connectivity index (χ0v) is 18.1. The summed E-state index contributed by atoms with van der Waals surface area (Å²) in [6.07, 6.45) is 2.47. The van der Waals surface area contributed by atoms with E-state index in [1.165, 1.54) is 17.6 Å². The van der Waals surface area contributed by atoms with Crippen molar-refractivity contribution < 1.29 is 14.6 Å². The lowest BCUT2D eigenvalue weighted by atomic mass is 9.72. The number of ether oxygens (including phenoxy) is 1. The van der Waals surface area contributed by atoms with E-state index in [9.17, 15) is 9.90 Å². The molecule has 1 aliphatic heterocycles. The molecule has 5 nitrogen and oxygen atoms in total. The molecule has 0 fully saturated rings. The number of phenols is 1. The minimum Gasteiger partial charge on any atom is -0.504 e. The number of anilines is 1. The van der Waals surface area contributed by atoms with Gasteiger partial charge in [-0.2, -0.15) is 0 Å². The number of nitrogens with one attached hydrogen (secondary N) is 2. The highest BCUT2D eigenvalue weighted by molar-refractivity contribution is 7.16. The molecular weight excluding hydrogens is 396 g/mol. The van der Waals surface area contributed by atoms with Gasteiger partial charge in [-0.3, -0.25) is 4.79 Å². The van der Waals surface area contributed by atoms with Gasteiger partial charge in [0.1, 0.15) is 11.2 Å². The van der Waals surface area contributed by atoms with E-state index in [0.29, 0.717) is 16.5 Å². The van der Waals surface area contributed by atoms with Gasteiger partial charge in [0.05, 0.1) is 12.7 Å². The Morgan fingerprint density at radius 3 is 2.71 bits per heavy atom. The maximum Gasteiger partial charge on any atom is 0.256 e. The normalized spacial score (nSPS) is 21.4. The average Bonchev–Trinajstić information content (AvgIpc) is 3.00. The van der Waals surface area contributed by atoms with Crippen molar-refractivity contribution >= 4 is 33.8 Å². The highest BCUT2D eigenvalue weighted by Crippen LogP contribution is 2.47. The first-order valence-corrected chi connectivity index (χ1v) is 10.7. The number of aromatic hydroxyl groups is 1. The lowest BCUT2D eigenvalue weighted by molar-refractivity contribution is 0.0934. The molecule has 0 saturated carbocycles. The molecule has 7 heteroatoms. The van der Waals surface area contributed by atoms with E-state index < -0.39 is 6.17 Å². The van der Waals surface area contributed by atoms with E-state index in [1.54, 1.807) is 23.5 Å². The van der Waals surface area contributed by atoms with E-state index >= 15 is 0 Å². The van der Waals surface area contributed by atoms with Crippen LogP contribution in [-0.4, -0.2) is 18.1 Å². The number of thiophene rings is 1. The highest BCUT2D eigenvalue weighted by Gasteiger charge is 2.37. The molecule has 1 aromatic heterocycles. The Hall–Kier alpha value is -1.92. The van der Waals surface area contributed by atoms with Crippen molar-refractivity contribution in [2.75, 3.05) is 12.4 Å². The summed E-state index contributed by atoms with van der Waals surface area (Å²) in [5.41, 5.74) is 2.68. The minimum atomic E-state index is -0.564. The van der Waals surface area contributed by atoms with Crippen LogP contribution in [0.4, 0.5) is 5.00 Å². The molecule has 0 bridgehead atoms. The van der Waals surface area contributed by atoms with Crippen LogP contribution in [0.15, 0.2) is 12.1 Å². The monoisotopic (exact) mass is 420 g/mol. The maximum absolute atomic E-state index is 12.9. The molecular formula is C21H25ClN2O3S. The van der Waals surface area contributed by atoms with Gasteiger partial charge >= 0.3 is 0 Å². The first-order chi connectivity index (χ1) is 13.2. The van der Waals surface area contributed by atoms with Crippen LogP contribution in [0.5, 0.6) is 11.5 Å². The summed E-state index contributed by atoms with van der Waals surface area (Å²) in [5.74, 6) is 0.758. The third-order valence-corrected chi connectivity index (χ3v) is 7.27. The maximum atomic E-state index is 12.9. The number of fused-ring (bicyclic) bond motifs is 3. The fourth-order valence-electron chi connectivity index (χ4n) is 4.16. The summed E-state index contributed by atoms with van der Waals surface area (Å²) in [7, 11) is 1.47. The summed E-state index contributed by atoms with van der Waals surface area (Å²) in [6, 6.07) is 3.19. The van der Waals surface area contributed by atoms with Gasteiger partial charge in [-0.15, -0.1) is 11.3 Å². The molecule has 2 heterocycles. The lowest BCUT2D eigenvalue weighted by Gasteiger charge is -2.34. The number of hydrogen-bond acceptors (Lipinski definition) is 5. The van der Waals surface area contributed by atoms with E-state index in [2.05, 4.69) is 31.4 Å². The van der Waals surface area contributed by atoms with E-state index in [0.717, 1.165) is 29.8 Å². The molecule has 1 aromatic carbocycles. The average molecular weight is 421 g/mol. The van der Waals surface area contributed by atoms with Crippen LogP contribution in [0, 0.1) is 11.3 Å². The van der Waals surface area contributed by atoms with Gasteiger partial charge in [-0.05, 0) is 42.2 Å². The van der Waals surface area contributed by atoms with E-state index in [1.807, 2.05) is 0 Å². The molecule has 2 unspecified atom stereocenters. The largest absolute Gasteiger partial charge is 0.504 e. The van der Waals surface area contributed by atoms with Gasteiger partial charge in [0.2, 0.25) is 0 Å². The molecule has 1 aliphatic carbocycles. The van der Waals surface area contributed by atoms with Gasteiger partial charge in [-0.25, -0.2) is 0 Å². The molecule has 150 valence electrons. The summed E-state index contributed by atoms with van der Waals surface area (Å²) < 4.78 is 5.19. The Morgan fingerprint density at radius 1 is 1.29 bits per heavy atom. The lowest BCUT2D eigenvalue weighted by Crippen LogP contribution is -2.38. The quantitative estimate of drug-likeness (QED) is 0.630. The standard InChI is InChI=1S/C21H25ClN2O3S/c1-21(2,3)10-5-6-12-15(7-10)28-20-16(12)19(26)23-18(24-20)13-8-11(22)9-14(27-4)17(13)25/h8-10,18,24-25H,5-7H2,1-4H3,(H,23,26). The summed E-state index contributed by atoms with van der Waals surface area (Å²) in [4.78, 5) is 14.2. The third-order valence-electron chi connectivity index (χ3n) is 5.87. The Morgan fingerprint density at radius 2 is 2.04 bits per heavy atom. The van der Waals surface area contributed by atoms with Crippen molar-refractivity contribution in [1.29, 1.82) is 0 Å². The molecule has 0 spiro atoms. The second-order valence-electron chi connectivity index (χ2n) is 8.61. The third kappa shape index (κ3) is 3.22. The molecule has 2 aliphatic rings. The molecule has 28 heavy (non-hydrogen) atoms. The van der Waals surface area contributed by atoms with Crippen LogP contribution >= 0.6 is 22.9 Å². The zero-order chi connectivity index (χ0) is 20.2. The minimum absolute atomic E-state index is 0.0257. The molecule has 2 aromatic rings. The van der Waals surface area contributed by atoms with Crippen LogP contribution in [-0.2, 0) is 12.8 Å². The summed E-state index contributed by atoms with van der Waals surface area (Å²) in [6.45, 7) is 6.85. The molecule has 0 radical (unpaired) electrons. The molecule has 4 rings (SSSR count). The van der Waals surface area contributed by atoms with Crippen molar-refractivity contribution in [3.63, 3.8) is 0 Å². The Kier molecular flexibility index (Phi) is 4.74. The Balaban J connectivity index is 1.69. The van der Waals surface area contributed by atoms with Gasteiger partial charge in [-0.1, -0.05) is 32.4 Å². The fourth-order valence-corrected chi connectivity index (χ4v) is 5.73. The number of phenolic OH excluding ortho intramolecular Hbond substituents is 1. The second kappa shape index (κ2) is 6.85. The van der Waals surface area contributed by atoms with Crippen molar-refractivity contribution in [2.24, 2.45) is 11.3 Å². The Bertz CT molecular complexity index is 948. The smallest absolute Gasteiger partial charge is 0.256 e. The van der Waals surface area contributed by atoms with Crippen LogP contribution < -0.4 is 15.4 Å². The zero-order valence-electron chi connectivity index (χ0n) is 16.5. The molecule has 3 N–H and O–H groups in total. The Labute approximate surface area is 174 Å². The van der Waals surface area contributed by atoms with Gasteiger partial charge < -0.3 is 20.5 Å². The van der Waals surface area contributed by atoms with Crippen LogP contribution in [0.2, 0.25) is 5.02 Å². The van der Waals surface area contributed by atoms with Gasteiger partial charge in [0.25, 0.3) is 5.91 Å². The number of rotatable bonds is 2. The number of hydrogen-bond donors (Lipinski definition) is 3. The van der Waals surface area contributed by atoms with Gasteiger partial charge in [0, 0.05) is 21.5 Å². The molecule has 0 saturated heterocycles. The number of amides is 1. The topological polar surface area (TPSA) is 70.6 Å². The van der Waals surface area contributed by atoms with Gasteiger partial charge in [0.15, 0.2) is 11.5 Å². The van der Waals surface area contributed by atoms with Crippen LogP contribution in [0.1, 0.15) is 59.7 Å². The van der Waals surface area contributed by atoms with E-state index in [4.69, 9.17) is 16.3 Å². The predicted molar refractivity (Wildman–Crippen MR) is 113 cm³/mol. The second-order valence-corrected chi connectivity index (χ2v) is 10.2. The van der Waals surface area contributed by atoms with Crippen molar-refractivity contribution in [2.45, 2.75) is 46.2 Å². The predicted octanol–water partition coefficient (Wildman–Crippen LogP) is 5.12. The number of carbonyl (C=O) groups is 1. The number of benzene rings is 1. The highest BCUT2D eigenvalue weighted by atomic mass is 35.5. The van der Waals surface area contributed by atoms with Crippen LogP contribution in [0.3, 0.4) is 0 Å². The van der Waals surface area contributed by atoms with Crippen LogP contribution in [0.25, 0.3) is 0 Å². The van der Waals surface area contributed by atoms with Crippen molar-refractivity contribution in [1.82, 2.24) is 5.32 Å². The number of methoxy groups -OCH3 is 1. The molecule has 2 atom stereocenters.